The summed E-state index contributed by atoms with van der Waals surface area (Å²) in [6, 6.07) is 1.09. The topological polar surface area (TPSA) is 117 Å². The van der Waals surface area contributed by atoms with Crippen LogP contribution in [0.15, 0.2) is 0 Å². The average Bonchev–Trinajstić information content (AvgIpc) is 2.33. The quantitative estimate of drug-likeness (QED) is 0.321. The molecular weight excluding hydrogens is 176 g/mol. The van der Waals surface area contributed by atoms with E-state index in [0.29, 0.717) is 0 Å². The first-order chi connectivity index (χ1) is 6.05. The van der Waals surface area contributed by atoms with Crippen LogP contribution in [-0.2, 0) is 0 Å². The Morgan fingerprint density at radius 2 is 2.08 bits per heavy atom. The molecule has 0 aromatic heterocycles. The van der Waals surface area contributed by atoms with Crippen LogP contribution < -0.4 is 5.32 Å². The number of hydrogen-bond donors (Lipinski definition) is 5. The first-order valence-corrected chi connectivity index (χ1v) is 3.89. The highest BCUT2D eigenvalue weighted by Crippen LogP contribution is 2.23. The Labute approximate surface area is 75.0 Å². The van der Waals surface area contributed by atoms with Gasteiger partial charge in [0.05, 0.1) is 25.1 Å². The van der Waals surface area contributed by atoms with Crippen LogP contribution in [0.2, 0.25) is 0 Å². The van der Waals surface area contributed by atoms with Gasteiger partial charge in [-0.25, -0.2) is 0 Å². The van der Waals surface area contributed by atoms with Gasteiger partial charge in [0.15, 0.2) is 5.72 Å². The summed E-state index contributed by atoms with van der Waals surface area (Å²) >= 11 is 0. The molecule has 1 saturated heterocycles. The van der Waals surface area contributed by atoms with Crippen molar-refractivity contribution in [3.8, 4) is 6.07 Å². The molecule has 4 atom stereocenters. The Bertz CT molecular complexity index is 229. The van der Waals surface area contributed by atoms with Crippen LogP contribution in [0, 0.1) is 11.3 Å². The van der Waals surface area contributed by atoms with E-state index in [1.807, 2.05) is 0 Å². The highest BCUT2D eigenvalue weighted by molar-refractivity contribution is 5.05. The molecule has 5 N–H and O–H groups in total. The molecule has 13 heavy (non-hydrogen) atoms. The maximum Gasteiger partial charge on any atom is 0.168 e. The summed E-state index contributed by atoms with van der Waals surface area (Å²) in [5, 5.41) is 47.5. The summed E-state index contributed by atoms with van der Waals surface area (Å²) < 4.78 is 0. The zero-order chi connectivity index (χ0) is 10.1. The second kappa shape index (κ2) is 3.57. The van der Waals surface area contributed by atoms with Gasteiger partial charge in [-0.3, -0.25) is 5.32 Å². The average molecular weight is 188 g/mol. The maximum absolute atomic E-state index is 9.46. The molecule has 0 aromatic rings. The zero-order valence-corrected chi connectivity index (χ0v) is 6.88. The number of nitriles is 1. The first-order valence-electron chi connectivity index (χ1n) is 3.89. The number of hydrogen-bond acceptors (Lipinski definition) is 6. The van der Waals surface area contributed by atoms with E-state index in [-0.39, 0.29) is 6.42 Å². The lowest BCUT2D eigenvalue weighted by molar-refractivity contribution is -0.121. The van der Waals surface area contributed by atoms with Crippen molar-refractivity contribution in [2.24, 2.45) is 0 Å². The molecule has 0 bridgehead atoms. The minimum Gasteiger partial charge on any atom is -0.392 e. The molecule has 1 rings (SSSR count). The lowest BCUT2D eigenvalue weighted by Crippen LogP contribution is -2.52. The van der Waals surface area contributed by atoms with Gasteiger partial charge in [0.2, 0.25) is 0 Å². The third-order valence-corrected chi connectivity index (χ3v) is 2.21. The summed E-state index contributed by atoms with van der Waals surface area (Å²) in [4.78, 5) is 0. The fourth-order valence-electron chi connectivity index (χ4n) is 1.40. The summed E-state index contributed by atoms with van der Waals surface area (Å²) in [5.41, 5.74) is -1.90. The lowest BCUT2D eigenvalue weighted by Gasteiger charge is -2.24. The molecule has 0 aromatic carbocycles. The molecule has 1 heterocycles. The second-order valence-electron chi connectivity index (χ2n) is 3.13. The first kappa shape index (κ1) is 10.4. The minimum atomic E-state index is -1.90. The normalized spacial score (nSPS) is 44.7. The molecular formula is C7H12N2O4. The number of nitrogens with one attached hydrogen (secondary N) is 1. The monoisotopic (exact) mass is 188 g/mol. The zero-order valence-electron chi connectivity index (χ0n) is 6.88. The van der Waals surface area contributed by atoms with Crippen molar-refractivity contribution in [2.45, 2.75) is 30.4 Å². The van der Waals surface area contributed by atoms with E-state index < -0.39 is 30.6 Å². The van der Waals surface area contributed by atoms with Crippen LogP contribution in [0.3, 0.4) is 0 Å². The van der Waals surface area contributed by atoms with Gasteiger partial charge in [0.25, 0.3) is 0 Å². The van der Waals surface area contributed by atoms with Gasteiger partial charge in [0.1, 0.15) is 12.2 Å². The number of aliphatic hydroxyl groups is 4. The molecule has 1 fully saturated rings. The van der Waals surface area contributed by atoms with Crippen molar-refractivity contribution >= 4 is 0 Å². The van der Waals surface area contributed by atoms with E-state index in [0.717, 1.165) is 0 Å². The van der Waals surface area contributed by atoms with Crippen LogP contribution in [0.5, 0.6) is 0 Å². The van der Waals surface area contributed by atoms with Crippen LogP contribution >= 0.6 is 0 Å². The van der Waals surface area contributed by atoms with Gasteiger partial charge in [-0.2, -0.15) is 5.26 Å². The van der Waals surface area contributed by atoms with Crippen LogP contribution in [0.1, 0.15) is 6.42 Å². The van der Waals surface area contributed by atoms with Gasteiger partial charge in [-0.1, -0.05) is 0 Å². The molecule has 74 valence electrons. The Morgan fingerprint density at radius 1 is 1.46 bits per heavy atom. The Hall–Kier alpha value is -0.710. The molecule has 0 amide bonds. The van der Waals surface area contributed by atoms with Crippen molar-refractivity contribution in [3.05, 3.63) is 0 Å². The van der Waals surface area contributed by atoms with Gasteiger partial charge in [-0.15, -0.1) is 0 Å². The minimum absolute atomic E-state index is 0.0411. The van der Waals surface area contributed by atoms with E-state index >= 15 is 0 Å². The van der Waals surface area contributed by atoms with Crippen LogP contribution in [0.4, 0.5) is 0 Å². The smallest absolute Gasteiger partial charge is 0.168 e. The maximum atomic E-state index is 9.46. The highest BCUT2D eigenvalue weighted by Gasteiger charge is 2.50. The second-order valence-corrected chi connectivity index (χ2v) is 3.13. The van der Waals surface area contributed by atoms with E-state index in [4.69, 9.17) is 10.4 Å². The number of aliphatic hydroxyl groups excluding tert-OH is 3. The fraction of sp³-hybridized carbons (Fsp3) is 0.857. The third-order valence-electron chi connectivity index (χ3n) is 2.21. The van der Waals surface area contributed by atoms with E-state index in [2.05, 4.69) is 5.32 Å². The van der Waals surface area contributed by atoms with Crippen molar-refractivity contribution in [2.75, 3.05) is 6.61 Å². The molecule has 1 aliphatic rings. The largest absolute Gasteiger partial charge is 0.392 e. The van der Waals surface area contributed by atoms with Crippen LogP contribution in [0.25, 0.3) is 0 Å². The van der Waals surface area contributed by atoms with Gasteiger partial charge < -0.3 is 20.4 Å². The van der Waals surface area contributed by atoms with Crippen molar-refractivity contribution in [1.29, 1.82) is 5.26 Å². The van der Waals surface area contributed by atoms with Crippen LogP contribution in [-0.4, -0.2) is 51.0 Å². The number of nitrogens with zero attached hydrogens (tertiary/aromatic N) is 1. The lowest BCUT2D eigenvalue weighted by atomic mass is 10.0. The van der Waals surface area contributed by atoms with Crippen molar-refractivity contribution in [3.63, 3.8) is 0 Å². The molecule has 0 aliphatic carbocycles. The van der Waals surface area contributed by atoms with Gasteiger partial charge in [0, 0.05) is 0 Å². The molecule has 1 aliphatic heterocycles. The molecule has 6 heteroatoms. The summed E-state index contributed by atoms with van der Waals surface area (Å²) in [7, 11) is 0. The van der Waals surface area contributed by atoms with E-state index in [9.17, 15) is 15.3 Å². The fourth-order valence-corrected chi connectivity index (χ4v) is 1.40. The Kier molecular flexibility index (Phi) is 2.85. The molecule has 0 saturated carbocycles. The standard InChI is InChI=1S/C7H12N2O4/c8-2-1-4-5(11)6(12)7(13,3-10)9-4/h4-6,9-13H,1,3H2. The Morgan fingerprint density at radius 3 is 2.46 bits per heavy atom. The summed E-state index contributed by atoms with van der Waals surface area (Å²) in [5.74, 6) is 0. The SMILES string of the molecule is N#CCC1NC(O)(CO)C(O)C1O. The number of rotatable bonds is 2. The van der Waals surface area contributed by atoms with Crippen molar-refractivity contribution in [1.82, 2.24) is 5.32 Å². The summed E-state index contributed by atoms with van der Waals surface area (Å²) in [6.07, 6.45) is -2.76. The predicted molar refractivity (Wildman–Crippen MR) is 41.2 cm³/mol. The summed E-state index contributed by atoms with van der Waals surface area (Å²) in [6.45, 7) is -0.715. The Balaban J connectivity index is 2.73. The van der Waals surface area contributed by atoms with E-state index in [1.54, 1.807) is 6.07 Å². The van der Waals surface area contributed by atoms with Gasteiger partial charge >= 0.3 is 0 Å². The highest BCUT2D eigenvalue weighted by atomic mass is 16.4. The van der Waals surface area contributed by atoms with E-state index in [1.165, 1.54) is 0 Å². The molecule has 6 nitrogen and oxygen atoms in total. The van der Waals surface area contributed by atoms with Crippen molar-refractivity contribution < 1.29 is 20.4 Å². The third kappa shape index (κ3) is 1.65. The molecule has 4 unspecified atom stereocenters. The molecule has 0 spiro atoms. The predicted octanol–water partition coefficient (Wildman–Crippen LogP) is -2.73. The molecule has 0 radical (unpaired) electrons. The van der Waals surface area contributed by atoms with Gasteiger partial charge in [-0.05, 0) is 0 Å².